The summed E-state index contributed by atoms with van der Waals surface area (Å²) >= 11 is 3.21. The molecule has 0 aliphatic rings. The van der Waals surface area contributed by atoms with E-state index in [4.69, 9.17) is 4.74 Å². The van der Waals surface area contributed by atoms with E-state index in [1.807, 2.05) is 0 Å². The monoisotopic (exact) mass is 473 g/mol. The van der Waals surface area contributed by atoms with Crippen LogP contribution < -0.4 is 10.2 Å². The van der Waals surface area contributed by atoms with Gasteiger partial charge in [0.05, 0.1) is 29.3 Å². The van der Waals surface area contributed by atoms with Crippen LogP contribution in [0.2, 0.25) is 0 Å². The summed E-state index contributed by atoms with van der Waals surface area (Å²) in [4.78, 5) is 22.5. The molecule has 2 N–H and O–H groups in total. The highest BCUT2D eigenvalue weighted by atomic mass is 79.9. The Morgan fingerprint density at radius 3 is 2.77 bits per heavy atom. The van der Waals surface area contributed by atoms with Crippen LogP contribution in [-0.4, -0.2) is 39.0 Å². The van der Waals surface area contributed by atoms with E-state index in [1.54, 1.807) is 35.1 Å². The maximum atomic E-state index is 12.2. The zero-order valence-corrected chi connectivity index (χ0v) is 17.2. The van der Waals surface area contributed by atoms with Crippen LogP contribution in [0.3, 0.4) is 0 Å². The average molecular weight is 474 g/mol. The molecule has 0 aliphatic heterocycles. The van der Waals surface area contributed by atoms with Gasteiger partial charge in [-0.25, -0.2) is 5.43 Å². The number of halogens is 1. The first-order valence-electron chi connectivity index (χ1n) is 8.54. The van der Waals surface area contributed by atoms with E-state index in [1.165, 1.54) is 31.5 Å². The number of nitro groups is 1. The first kappa shape index (κ1) is 21.0. The molecule has 1 heterocycles. The Morgan fingerprint density at radius 2 is 2.10 bits per heavy atom. The van der Waals surface area contributed by atoms with Crippen molar-refractivity contribution in [2.24, 2.45) is 5.10 Å². The lowest BCUT2D eigenvalue weighted by molar-refractivity contribution is -0.384. The normalized spacial score (nSPS) is 10.9. The minimum atomic E-state index is -0.501. The number of nitrogens with zero attached hydrogens (tertiary/aromatic N) is 4. The maximum absolute atomic E-state index is 12.2. The van der Waals surface area contributed by atoms with Crippen LogP contribution in [0.15, 0.2) is 58.2 Å². The van der Waals surface area contributed by atoms with Crippen molar-refractivity contribution in [3.05, 3.63) is 80.1 Å². The second kappa shape index (κ2) is 9.18. The molecule has 11 heteroatoms. The zero-order valence-electron chi connectivity index (χ0n) is 15.7. The molecule has 0 saturated heterocycles. The Morgan fingerprint density at radius 1 is 1.37 bits per heavy atom. The van der Waals surface area contributed by atoms with Gasteiger partial charge in [-0.15, -0.1) is 0 Å². The molecule has 0 radical (unpaired) electrons. The smallest absolute Gasteiger partial charge is 0.291 e. The standard InChI is InChI=1S/C19H16BrN5O5/c1-30-17-9-13(8-15(20)18(17)26)10-21-22-19(27)16-6-7-24(23-16)11-12-2-4-14(5-3-12)25(28)29/h2-10,26H,11H2,1H3,(H,22,27)/b21-10+. The van der Waals surface area contributed by atoms with Crippen molar-refractivity contribution in [2.75, 3.05) is 7.11 Å². The highest BCUT2D eigenvalue weighted by Crippen LogP contribution is 2.34. The first-order chi connectivity index (χ1) is 14.4. The van der Waals surface area contributed by atoms with Gasteiger partial charge in [-0.05, 0) is 45.3 Å². The molecule has 0 fully saturated rings. The fourth-order valence-corrected chi connectivity index (χ4v) is 2.99. The van der Waals surface area contributed by atoms with E-state index in [9.17, 15) is 20.0 Å². The summed E-state index contributed by atoms with van der Waals surface area (Å²) in [7, 11) is 1.43. The predicted octanol–water partition coefficient (Wildman–Crippen LogP) is 3.08. The van der Waals surface area contributed by atoms with Crippen molar-refractivity contribution in [3.8, 4) is 11.5 Å². The molecular weight excluding hydrogens is 458 g/mol. The molecule has 0 unspecified atom stereocenters. The van der Waals surface area contributed by atoms with Crippen molar-refractivity contribution >= 4 is 33.7 Å². The summed E-state index contributed by atoms with van der Waals surface area (Å²) in [5.41, 5.74) is 3.96. The van der Waals surface area contributed by atoms with Crippen LogP contribution in [-0.2, 0) is 6.54 Å². The van der Waals surface area contributed by atoms with Crippen LogP contribution in [0.4, 0.5) is 5.69 Å². The van der Waals surface area contributed by atoms with Crippen molar-refractivity contribution in [1.82, 2.24) is 15.2 Å². The lowest BCUT2D eigenvalue weighted by Gasteiger charge is -2.06. The number of rotatable bonds is 7. The van der Waals surface area contributed by atoms with Gasteiger partial charge in [0.1, 0.15) is 0 Å². The van der Waals surface area contributed by atoms with Gasteiger partial charge >= 0.3 is 0 Å². The number of hydrogen-bond donors (Lipinski definition) is 2. The van der Waals surface area contributed by atoms with E-state index in [0.717, 1.165) is 5.56 Å². The quantitative estimate of drug-likeness (QED) is 0.307. The number of carbonyl (C=O) groups excluding carboxylic acids is 1. The Bertz CT molecular complexity index is 1110. The number of hydrogen-bond acceptors (Lipinski definition) is 7. The zero-order chi connectivity index (χ0) is 21.7. The number of nitro benzene ring substituents is 1. The second-order valence-electron chi connectivity index (χ2n) is 6.07. The average Bonchev–Trinajstić information content (AvgIpc) is 3.19. The fourth-order valence-electron chi connectivity index (χ4n) is 2.53. The maximum Gasteiger partial charge on any atom is 0.291 e. The SMILES string of the molecule is COc1cc(/C=N/NC(=O)c2ccn(Cc3ccc([N+](=O)[O-])cc3)n2)cc(Br)c1O. The number of hydrazone groups is 1. The Labute approximate surface area is 179 Å². The fraction of sp³-hybridized carbons (Fsp3) is 0.105. The first-order valence-corrected chi connectivity index (χ1v) is 9.33. The molecule has 10 nitrogen and oxygen atoms in total. The lowest BCUT2D eigenvalue weighted by atomic mass is 10.2. The molecule has 0 aliphatic carbocycles. The lowest BCUT2D eigenvalue weighted by Crippen LogP contribution is -2.18. The summed E-state index contributed by atoms with van der Waals surface area (Å²) in [6, 6.07) is 10.8. The molecule has 1 aromatic heterocycles. The minimum absolute atomic E-state index is 0.00965. The van der Waals surface area contributed by atoms with Crippen LogP contribution in [0.5, 0.6) is 11.5 Å². The number of aromatic hydroxyl groups is 1. The number of carbonyl (C=O) groups is 1. The van der Waals surface area contributed by atoms with Gasteiger partial charge in [-0.1, -0.05) is 12.1 Å². The highest BCUT2D eigenvalue weighted by Gasteiger charge is 2.11. The minimum Gasteiger partial charge on any atom is -0.503 e. The summed E-state index contributed by atoms with van der Waals surface area (Å²) in [6.07, 6.45) is 3.03. The van der Waals surface area contributed by atoms with Gasteiger partial charge < -0.3 is 9.84 Å². The van der Waals surface area contributed by atoms with Crippen LogP contribution in [0, 0.1) is 10.1 Å². The van der Waals surface area contributed by atoms with E-state index in [0.29, 0.717) is 16.6 Å². The molecular formula is C19H16BrN5O5. The number of phenols is 1. The molecule has 0 atom stereocenters. The van der Waals surface area contributed by atoms with Crippen LogP contribution in [0.25, 0.3) is 0 Å². The van der Waals surface area contributed by atoms with Gasteiger partial charge in [0.15, 0.2) is 17.2 Å². The summed E-state index contributed by atoms with van der Waals surface area (Å²) in [6.45, 7) is 0.357. The topological polar surface area (TPSA) is 132 Å². The highest BCUT2D eigenvalue weighted by molar-refractivity contribution is 9.10. The van der Waals surface area contributed by atoms with Gasteiger partial charge in [0, 0.05) is 18.3 Å². The Kier molecular flexibility index (Phi) is 6.42. The number of aromatic nitrogens is 2. The molecule has 0 saturated carbocycles. The predicted molar refractivity (Wildman–Crippen MR) is 112 cm³/mol. The summed E-state index contributed by atoms with van der Waals surface area (Å²) in [5.74, 6) is -0.266. The van der Waals surface area contributed by atoms with Gasteiger partial charge in [0.2, 0.25) is 0 Å². The number of non-ortho nitro benzene ring substituents is 1. The van der Waals surface area contributed by atoms with E-state index < -0.39 is 10.8 Å². The third-order valence-electron chi connectivity index (χ3n) is 4.02. The third-order valence-corrected chi connectivity index (χ3v) is 4.62. The summed E-state index contributed by atoms with van der Waals surface area (Å²) < 4.78 is 7.03. The van der Waals surface area contributed by atoms with Crippen molar-refractivity contribution < 1.29 is 19.6 Å². The van der Waals surface area contributed by atoms with Gasteiger partial charge in [-0.2, -0.15) is 10.2 Å². The second-order valence-corrected chi connectivity index (χ2v) is 6.93. The Balaban J connectivity index is 1.62. The van der Waals surface area contributed by atoms with E-state index in [2.05, 4.69) is 31.6 Å². The molecule has 3 aromatic rings. The van der Waals surface area contributed by atoms with Crippen molar-refractivity contribution in [2.45, 2.75) is 6.54 Å². The van der Waals surface area contributed by atoms with Crippen molar-refractivity contribution in [1.29, 1.82) is 0 Å². The van der Waals surface area contributed by atoms with Crippen molar-refractivity contribution in [3.63, 3.8) is 0 Å². The largest absolute Gasteiger partial charge is 0.503 e. The number of methoxy groups -OCH3 is 1. The number of benzene rings is 2. The molecule has 30 heavy (non-hydrogen) atoms. The van der Waals surface area contributed by atoms with Gasteiger partial charge in [0.25, 0.3) is 11.6 Å². The third kappa shape index (κ3) is 5.00. The molecule has 154 valence electrons. The van der Waals surface area contributed by atoms with Crippen LogP contribution in [0.1, 0.15) is 21.6 Å². The number of ether oxygens (including phenoxy) is 1. The molecule has 1 amide bonds. The number of nitrogens with one attached hydrogen (secondary N) is 1. The van der Waals surface area contributed by atoms with E-state index in [-0.39, 0.29) is 22.9 Å². The number of amides is 1. The van der Waals surface area contributed by atoms with E-state index >= 15 is 0 Å². The Hall–Kier alpha value is -3.73. The molecule has 2 aromatic carbocycles. The molecule has 3 rings (SSSR count). The molecule has 0 bridgehead atoms. The van der Waals surface area contributed by atoms with Gasteiger partial charge in [-0.3, -0.25) is 19.6 Å². The number of phenolic OH excluding ortho intramolecular Hbond substituents is 1. The summed E-state index contributed by atoms with van der Waals surface area (Å²) in [5, 5.41) is 28.6. The van der Waals surface area contributed by atoms with Crippen LogP contribution >= 0.6 is 15.9 Å². The molecule has 0 spiro atoms.